The van der Waals surface area contributed by atoms with Crippen LogP contribution in [-0.2, 0) is 0 Å². The molecule has 0 unspecified atom stereocenters. The van der Waals surface area contributed by atoms with Crippen LogP contribution in [0.5, 0.6) is 0 Å². The standard InChI is InChI=1S/C21H13ClN2O2/c22-16-11-9-15(10-12-16)19-13-18(14-5-2-1-3-6-14)17-7-4-8-20(24(25)26)21(17)23-19/h1-13H. The van der Waals surface area contributed by atoms with Crippen LogP contribution >= 0.6 is 11.6 Å². The molecule has 4 nitrogen and oxygen atoms in total. The van der Waals surface area contributed by atoms with E-state index in [0.29, 0.717) is 16.2 Å². The molecule has 0 saturated carbocycles. The lowest BCUT2D eigenvalue weighted by atomic mass is 9.98. The van der Waals surface area contributed by atoms with Gasteiger partial charge in [0.1, 0.15) is 5.52 Å². The monoisotopic (exact) mass is 360 g/mol. The number of hydrogen-bond acceptors (Lipinski definition) is 3. The SMILES string of the molecule is O=[N+]([O-])c1cccc2c(-c3ccccc3)cc(-c3ccc(Cl)cc3)nc12. The zero-order valence-corrected chi connectivity index (χ0v) is 14.4. The predicted octanol–water partition coefficient (Wildman–Crippen LogP) is 6.13. The Hall–Kier alpha value is -3.24. The van der Waals surface area contributed by atoms with E-state index >= 15 is 0 Å². The number of halogens is 1. The molecule has 5 heteroatoms. The molecule has 3 aromatic carbocycles. The number of pyridine rings is 1. The van der Waals surface area contributed by atoms with Gasteiger partial charge in [0.25, 0.3) is 5.69 Å². The number of aromatic nitrogens is 1. The number of rotatable bonds is 3. The van der Waals surface area contributed by atoms with E-state index < -0.39 is 4.92 Å². The summed E-state index contributed by atoms with van der Waals surface area (Å²) in [7, 11) is 0. The highest BCUT2D eigenvalue weighted by molar-refractivity contribution is 6.30. The Morgan fingerprint density at radius 3 is 2.27 bits per heavy atom. The number of nitro groups is 1. The molecule has 0 bridgehead atoms. The Morgan fingerprint density at radius 1 is 0.846 bits per heavy atom. The predicted molar refractivity (Wildman–Crippen MR) is 104 cm³/mol. The van der Waals surface area contributed by atoms with Gasteiger partial charge >= 0.3 is 0 Å². The molecule has 0 atom stereocenters. The van der Waals surface area contributed by atoms with E-state index in [9.17, 15) is 10.1 Å². The number of non-ortho nitro benzene ring substituents is 1. The summed E-state index contributed by atoms with van der Waals surface area (Å²) in [4.78, 5) is 15.7. The van der Waals surface area contributed by atoms with Crippen LogP contribution in [0, 0.1) is 10.1 Å². The summed E-state index contributed by atoms with van der Waals surface area (Å²) in [6.07, 6.45) is 0. The third kappa shape index (κ3) is 2.91. The molecule has 4 rings (SSSR count). The molecule has 0 aliphatic heterocycles. The van der Waals surface area contributed by atoms with Crippen molar-refractivity contribution in [3.05, 3.63) is 94.0 Å². The summed E-state index contributed by atoms with van der Waals surface area (Å²) < 4.78 is 0. The van der Waals surface area contributed by atoms with E-state index in [1.807, 2.05) is 54.6 Å². The second kappa shape index (κ2) is 6.58. The van der Waals surface area contributed by atoms with Crippen molar-refractivity contribution in [2.45, 2.75) is 0 Å². The lowest BCUT2D eigenvalue weighted by molar-refractivity contribution is -0.383. The van der Waals surface area contributed by atoms with Crippen molar-refractivity contribution < 1.29 is 4.92 Å². The summed E-state index contributed by atoms with van der Waals surface area (Å²) in [5.41, 5.74) is 3.79. The molecule has 0 N–H and O–H groups in total. The van der Waals surface area contributed by atoms with Gasteiger partial charge in [-0.05, 0) is 29.3 Å². The highest BCUT2D eigenvalue weighted by Gasteiger charge is 2.17. The number of nitro benzene ring substituents is 1. The number of nitrogens with zero attached hydrogens (tertiary/aromatic N) is 2. The average molecular weight is 361 g/mol. The first-order valence-electron chi connectivity index (χ1n) is 8.03. The molecule has 0 aliphatic rings. The summed E-state index contributed by atoms with van der Waals surface area (Å²) in [6.45, 7) is 0. The Bertz CT molecular complexity index is 1110. The molecule has 26 heavy (non-hydrogen) atoms. The van der Waals surface area contributed by atoms with Gasteiger partial charge in [-0.15, -0.1) is 0 Å². The third-order valence-corrected chi connectivity index (χ3v) is 4.49. The molecule has 0 saturated heterocycles. The smallest absolute Gasteiger partial charge is 0.258 e. The second-order valence-corrected chi connectivity index (χ2v) is 6.29. The van der Waals surface area contributed by atoms with Gasteiger partial charge in [0.15, 0.2) is 0 Å². The molecule has 126 valence electrons. The van der Waals surface area contributed by atoms with Crippen LogP contribution in [0.3, 0.4) is 0 Å². The van der Waals surface area contributed by atoms with E-state index in [4.69, 9.17) is 11.6 Å². The van der Waals surface area contributed by atoms with Crippen molar-refractivity contribution in [1.29, 1.82) is 0 Å². The minimum Gasteiger partial charge on any atom is -0.258 e. The van der Waals surface area contributed by atoms with Gasteiger partial charge in [0.05, 0.1) is 10.6 Å². The minimum absolute atomic E-state index is 0.00417. The minimum atomic E-state index is -0.393. The Labute approximate surface area is 154 Å². The lowest BCUT2D eigenvalue weighted by Gasteiger charge is -2.10. The maximum Gasteiger partial charge on any atom is 0.295 e. The summed E-state index contributed by atoms with van der Waals surface area (Å²) in [6, 6.07) is 24.1. The van der Waals surface area contributed by atoms with Gasteiger partial charge in [-0.25, -0.2) is 4.98 Å². The number of benzene rings is 3. The fourth-order valence-electron chi connectivity index (χ4n) is 3.01. The molecule has 0 fully saturated rings. The van der Waals surface area contributed by atoms with Crippen molar-refractivity contribution in [3.8, 4) is 22.4 Å². The molecule has 0 radical (unpaired) electrons. The molecule has 0 amide bonds. The average Bonchev–Trinajstić information content (AvgIpc) is 2.67. The summed E-state index contributed by atoms with van der Waals surface area (Å²) in [5, 5.41) is 12.9. The first kappa shape index (κ1) is 16.2. The van der Waals surface area contributed by atoms with Crippen LogP contribution in [0.25, 0.3) is 33.3 Å². The van der Waals surface area contributed by atoms with Gasteiger partial charge in [-0.2, -0.15) is 0 Å². The Balaban J connectivity index is 2.06. The molecular formula is C21H13ClN2O2. The van der Waals surface area contributed by atoms with E-state index in [2.05, 4.69) is 4.98 Å². The maximum absolute atomic E-state index is 11.5. The molecule has 0 spiro atoms. The number of hydrogen-bond donors (Lipinski definition) is 0. The zero-order valence-electron chi connectivity index (χ0n) is 13.6. The van der Waals surface area contributed by atoms with E-state index in [0.717, 1.165) is 22.1 Å². The molecule has 0 aliphatic carbocycles. The largest absolute Gasteiger partial charge is 0.295 e. The van der Waals surface area contributed by atoms with Crippen LogP contribution in [-0.4, -0.2) is 9.91 Å². The van der Waals surface area contributed by atoms with Gasteiger partial charge in [-0.1, -0.05) is 66.2 Å². The normalized spacial score (nSPS) is 10.8. The third-order valence-electron chi connectivity index (χ3n) is 4.24. The van der Waals surface area contributed by atoms with Crippen molar-refractivity contribution in [3.63, 3.8) is 0 Å². The molecule has 1 aromatic heterocycles. The Morgan fingerprint density at radius 2 is 1.58 bits per heavy atom. The van der Waals surface area contributed by atoms with Crippen LogP contribution in [0.1, 0.15) is 0 Å². The van der Waals surface area contributed by atoms with Crippen LogP contribution in [0.15, 0.2) is 78.9 Å². The summed E-state index contributed by atoms with van der Waals surface area (Å²) in [5.74, 6) is 0. The van der Waals surface area contributed by atoms with Crippen molar-refractivity contribution in [1.82, 2.24) is 4.98 Å². The first-order valence-corrected chi connectivity index (χ1v) is 8.41. The molecule has 4 aromatic rings. The number of para-hydroxylation sites is 1. The highest BCUT2D eigenvalue weighted by atomic mass is 35.5. The van der Waals surface area contributed by atoms with Crippen molar-refractivity contribution in [2.24, 2.45) is 0 Å². The van der Waals surface area contributed by atoms with E-state index in [-0.39, 0.29) is 5.69 Å². The first-order chi connectivity index (χ1) is 12.6. The Kier molecular flexibility index (Phi) is 4.11. The van der Waals surface area contributed by atoms with Crippen molar-refractivity contribution in [2.75, 3.05) is 0 Å². The van der Waals surface area contributed by atoms with Crippen LogP contribution in [0.4, 0.5) is 5.69 Å². The topological polar surface area (TPSA) is 56.0 Å². The fraction of sp³-hybridized carbons (Fsp3) is 0. The van der Waals surface area contributed by atoms with Gasteiger partial charge in [0.2, 0.25) is 0 Å². The second-order valence-electron chi connectivity index (χ2n) is 5.86. The highest BCUT2D eigenvalue weighted by Crippen LogP contribution is 2.35. The van der Waals surface area contributed by atoms with E-state index in [1.165, 1.54) is 6.07 Å². The molecular weight excluding hydrogens is 348 g/mol. The van der Waals surface area contributed by atoms with Crippen LogP contribution < -0.4 is 0 Å². The van der Waals surface area contributed by atoms with Gasteiger partial charge < -0.3 is 0 Å². The fourth-order valence-corrected chi connectivity index (χ4v) is 3.13. The lowest BCUT2D eigenvalue weighted by Crippen LogP contribution is -1.95. The zero-order chi connectivity index (χ0) is 18.1. The van der Waals surface area contributed by atoms with Crippen LogP contribution in [0.2, 0.25) is 5.02 Å². The summed E-state index contributed by atoms with van der Waals surface area (Å²) >= 11 is 5.98. The van der Waals surface area contributed by atoms with Gasteiger partial charge in [0, 0.05) is 22.0 Å². The van der Waals surface area contributed by atoms with Crippen molar-refractivity contribution >= 4 is 28.2 Å². The number of fused-ring (bicyclic) bond motifs is 1. The van der Waals surface area contributed by atoms with E-state index in [1.54, 1.807) is 18.2 Å². The maximum atomic E-state index is 11.5. The quantitative estimate of drug-likeness (QED) is 0.326. The van der Waals surface area contributed by atoms with Gasteiger partial charge in [-0.3, -0.25) is 10.1 Å². The molecule has 1 heterocycles.